The van der Waals surface area contributed by atoms with Gasteiger partial charge >= 0.3 is 11.9 Å². The molecule has 0 aliphatic heterocycles. The zero-order chi connectivity index (χ0) is 18.3. The van der Waals surface area contributed by atoms with Crippen LogP contribution in [0.1, 0.15) is 33.5 Å². The van der Waals surface area contributed by atoms with Crippen LogP contribution in [0.15, 0.2) is 27.4 Å². The minimum absolute atomic E-state index is 0.101. The number of hydrogen-bond donors (Lipinski definition) is 1. The summed E-state index contributed by atoms with van der Waals surface area (Å²) in [5.41, 5.74) is -0.0700. The number of ether oxygens (including phenoxy) is 1. The van der Waals surface area contributed by atoms with E-state index >= 15 is 0 Å². The van der Waals surface area contributed by atoms with Crippen molar-refractivity contribution in [1.29, 1.82) is 0 Å². The largest absolute Gasteiger partial charge is 0.477 e. The van der Waals surface area contributed by atoms with E-state index in [1.807, 2.05) is 0 Å². The van der Waals surface area contributed by atoms with Gasteiger partial charge in [-0.15, -0.1) is 0 Å². The summed E-state index contributed by atoms with van der Waals surface area (Å²) in [4.78, 5) is 39.7. The second kappa shape index (κ2) is 6.18. The number of carboxylic acids is 1. The van der Waals surface area contributed by atoms with Crippen molar-refractivity contribution in [3.8, 4) is 0 Å². The standard InChI is InChI=1S/C17H12ClNO6/c1-3-24-17(23)11-6-9(20)13-10(25-11)5-4-8-12(13)14(18)7(2)15(19-8)16(21)22/h4-6H,3H2,1-2H3,(H,21,22). The monoisotopic (exact) mass is 361 g/mol. The Hall–Kier alpha value is -2.93. The number of carbonyl (C=O) groups is 2. The van der Waals surface area contributed by atoms with Gasteiger partial charge in [-0.3, -0.25) is 4.79 Å². The minimum Gasteiger partial charge on any atom is -0.477 e. The minimum atomic E-state index is -1.22. The van der Waals surface area contributed by atoms with E-state index in [0.717, 1.165) is 6.07 Å². The van der Waals surface area contributed by atoms with Crippen molar-refractivity contribution >= 4 is 45.4 Å². The number of halogens is 1. The third kappa shape index (κ3) is 2.72. The van der Waals surface area contributed by atoms with Gasteiger partial charge in [0.1, 0.15) is 5.58 Å². The fourth-order valence-corrected chi connectivity index (χ4v) is 2.84. The van der Waals surface area contributed by atoms with E-state index < -0.39 is 17.4 Å². The van der Waals surface area contributed by atoms with Crippen LogP contribution in [0.2, 0.25) is 5.02 Å². The van der Waals surface area contributed by atoms with Crippen LogP contribution in [0.4, 0.5) is 0 Å². The number of carboxylic acid groups (broad SMARTS) is 1. The van der Waals surface area contributed by atoms with Gasteiger partial charge in [0.05, 0.1) is 22.5 Å². The van der Waals surface area contributed by atoms with Gasteiger partial charge in [-0.25, -0.2) is 14.6 Å². The number of fused-ring (bicyclic) bond motifs is 3. The van der Waals surface area contributed by atoms with E-state index in [4.69, 9.17) is 20.8 Å². The second-order valence-electron chi connectivity index (χ2n) is 5.23. The molecule has 0 saturated carbocycles. The number of rotatable bonds is 3. The lowest BCUT2D eigenvalue weighted by molar-refractivity contribution is 0.0490. The number of benzene rings is 1. The van der Waals surface area contributed by atoms with E-state index in [1.54, 1.807) is 6.92 Å². The summed E-state index contributed by atoms with van der Waals surface area (Å²) < 4.78 is 10.3. The lowest BCUT2D eigenvalue weighted by Crippen LogP contribution is -2.11. The third-order valence-electron chi connectivity index (χ3n) is 3.69. The zero-order valence-corrected chi connectivity index (χ0v) is 14.0. The molecule has 3 rings (SSSR count). The summed E-state index contributed by atoms with van der Waals surface area (Å²) in [5, 5.41) is 9.72. The average molecular weight is 362 g/mol. The first-order valence-electron chi connectivity index (χ1n) is 7.32. The topological polar surface area (TPSA) is 107 Å². The summed E-state index contributed by atoms with van der Waals surface area (Å²) >= 11 is 6.30. The fraction of sp³-hybridized carbons (Fsp3) is 0.176. The summed E-state index contributed by atoms with van der Waals surface area (Å²) in [6.07, 6.45) is 0. The molecule has 0 unspecified atom stereocenters. The van der Waals surface area contributed by atoms with Crippen LogP contribution < -0.4 is 5.43 Å². The molecule has 0 amide bonds. The molecular weight excluding hydrogens is 350 g/mol. The smallest absolute Gasteiger partial charge is 0.374 e. The number of nitrogens with zero attached hydrogens (tertiary/aromatic N) is 1. The predicted octanol–water partition coefficient (Wildman–Crippen LogP) is 3.18. The van der Waals surface area contributed by atoms with Crippen molar-refractivity contribution in [1.82, 2.24) is 4.98 Å². The van der Waals surface area contributed by atoms with Gasteiger partial charge in [-0.2, -0.15) is 0 Å². The van der Waals surface area contributed by atoms with Crippen LogP contribution in [-0.2, 0) is 4.74 Å². The van der Waals surface area contributed by atoms with E-state index in [9.17, 15) is 19.5 Å². The maximum atomic E-state index is 12.5. The number of carbonyl (C=O) groups excluding carboxylic acids is 1. The second-order valence-corrected chi connectivity index (χ2v) is 5.61. The van der Waals surface area contributed by atoms with E-state index in [1.165, 1.54) is 19.1 Å². The maximum Gasteiger partial charge on any atom is 0.374 e. The van der Waals surface area contributed by atoms with Crippen molar-refractivity contribution in [3.05, 3.63) is 50.5 Å². The van der Waals surface area contributed by atoms with Gasteiger partial charge in [-0.1, -0.05) is 11.6 Å². The molecule has 0 spiro atoms. The first-order valence-corrected chi connectivity index (χ1v) is 7.70. The van der Waals surface area contributed by atoms with Gasteiger partial charge in [0, 0.05) is 17.0 Å². The summed E-state index contributed by atoms with van der Waals surface area (Å²) in [5.74, 6) is -2.18. The Bertz CT molecular complexity index is 1100. The van der Waals surface area contributed by atoms with Crippen LogP contribution in [0.5, 0.6) is 0 Å². The Labute approximate surface area is 145 Å². The number of aromatic carboxylic acids is 1. The number of esters is 1. The molecule has 2 aromatic heterocycles. The first-order chi connectivity index (χ1) is 11.8. The molecule has 0 atom stereocenters. The molecule has 0 aliphatic carbocycles. The van der Waals surface area contributed by atoms with E-state index in [-0.39, 0.29) is 50.5 Å². The molecule has 1 N–H and O–H groups in total. The van der Waals surface area contributed by atoms with Crippen LogP contribution in [0.3, 0.4) is 0 Å². The van der Waals surface area contributed by atoms with Gasteiger partial charge in [0.15, 0.2) is 11.1 Å². The highest BCUT2D eigenvalue weighted by Crippen LogP contribution is 2.32. The first kappa shape index (κ1) is 16.9. The van der Waals surface area contributed by atoms with Gasteiger partial charge < -0.3 is 14.3 Å². The lowest BCUT2D eigenvalue weighted by Gasteiger charge is -2.10. The molecule has 7 nitrogen and oxygen atoms in total. The number of aromatic nitrogens is 1. The molecule has 1 aromatic carbocycles. The Morgan fingerprint density at radius 3 is 2.68 bits per heavy atom. The van der Waals surface area contributed by atoms with E-state index in [0.29, 0.717) is 0 Å². The van der Waals surface area contributed by atoms with Crippen molar-refractivity contribution < 1.29 is 23.8 Å². The average Bonchev–Trinajstić information content (AvgIpc) is 2.57. The zero-order valence-electron chi connectivity index (χ0n) is 13.3. The molecule has 0 fully saturated rings. The van der Waals surface area contributed by atoms with Crippen LogP contribution in [0.25, 0.3) is 21.9 Å². The van der Waals surface area contributed by atoms with Crippen LogP contribution in [-0.4, -0.2) is 28.6 Å². The molecular formula is C17H12ClNO6. The highest BCUT2D eigenvalue weighted by Gasteiger charge is 2.20. The molecule has 8 heteroatoms. The van der Waals surface area contributed by atoms with Crippen molar-refractivity contribution in [3.63, 3.8) is 0 Å². The van der Waals surface area contributed by atoms with Crippen molar-refractivity contribution in [2.45, 2.75) is 13.8 Å². The number of pyridine rings is 1. The lowest BCUT2D eigenvalue weighted by atomic mass is 10.1. The molecule has 0 radical (unpaired) electrons. The Kier molecular flexibility index (Phi) is 4.18. The molecule has 2 heterocycles. The predicted molar refractivity (Wildman–Crippen MR) is 90.4 cm³/mol. The fourth-order valence-electron chi connectivity index (χ4n) is 2.56. The van der Waals surface area contributed by atoms with Crippen molar-refractivity contribution in [2.75, 3.05) is 6.61 Å². The van der Waals surface area contributed by atoms with Crippen LogP contribution in [0, 0.1) is 6.92 Å². The summed E-state index contributed by atoms with van der Waals surface area (Å²) in [7, 11) is 0. The molecule has 25 heavy (non-hydrogen) atoms. The Morgan fingerprint density at radius 1 is 1.32 bits per heavy atom. The Balaban J connectivity index is 2.40. The number of hydrogen-bond acceptors (Lipinski definition) is 6. The van der Waals surface area contributed by atoms with Gasteiger partial charge in [-0.05, 0) is 26.0 Å². The highest BCUT2D eigenvalue weighted by atomic mass is 35.5. The summed E-state index contributed by atoms with van der Waals surface area (Å²) in [6, 6.07) is 3.94. The summed E-state index contributed by atoms with van der Waals surface area (Å²) in [6.45, 7) is 3.29. The normalized spacial score (nSPS) is 11.0. The quantitative estimate of drug-likeness (QED) is 0.564. The maximum absolute atomic E-state index is 12.5. The molecule has 0 bridgehead atoms. The van der Waals surface area contributed by atoms with Crippen LogP contribution >= 0.6 is 11.6 Å². The Morgan fingerprint density at radius 2 is 2.04 bits per heavy atom. The third-order valence-corrected chi connectivity index (χ3v) is 4.16. The molecule has 128 valence electrons. The molecule has 0 aliphatic rings. The van der Waals surface area contributed by atoms with E-state index in [2.05, 4.69) is 4.98 Å². The highest BCUT2D eigenvalue weighted by molar-refractivity contribution is 6.38. The molecule has 0 saturated heterocycles. The SMILES string of the molecule is CCOC(=O)c1cc(=O)c2c(ccc3nc(C(=O)O)c(C)c(Cl)c32)o1. The van der Waals surface area contributed by atoms with Crippen molar-refractivity contribution in [2.24, 2.45) is 0 Å². The molecule has 3 aromatic rings. The van der Waals surface area contributed by atoms with Gasteiger partial charge in [0.25, 0.3) is 0 Å². The van der Waals surface area contributed by atoms with Gasteiger partial charge in [0.2, 0.25) is 5.76 Å².